The largest absolute Gasteiger partial charge is 0.303 e. The van der Waals surface area contributed by atoms with Gasteiger partial charge in [-0.15, -0.1) is 0 Å². The molecule has 0 radical (unpaired) electrons. The van der Waals surface area contributed by atoms with Crippen molar-refractivity contribution in [1.82, 2.24) is 0 Å². The number of unbranched alkanes of at least 4 members (excludes halogenated alkanes) is 1. The molecule has 2 rings (SSSR count). The van der Waals surface area contributed by atoms with E-state index in [9.17, 15) is 4.79 Å². The van der Waals surface area contributed by atoms with Gasteiger partial charge in [-0.25, -0.2) is 0 Å². The number of hydrogen-bond acceptors (Lipinski definition) is 1. The molecule has 1 unspecified atom stereocenters. The van der Waals surface area contributed by atoms with Crippen molar-refractivity contribution in [1.29, 1.82) is 0 Å². The molecule has 2 heteroatoms. The lowest BCUT2D eigenvalue weighted by Crippen LogP contribution is -2.55. The van der Waals surface area contributed by atoms with Gasteiger partial charge in [0.1, 0.15) is 14.4 Å². The average molecular weight is 351 g/mol. The van der Waals surface area contributed by atoms with Crippen LogP contribution in [0.4, 0.5) is 0 Å². The van der Waals surface area contributed by atoms with Gasteiger partial charge >= 0.3 is 0 Å². The Morgan fingerprint density at radius 3 is 2.00 bits per heavy atom. The minimum atomic E-state index is -1.78. The maximum atomic E-state index is 10.5. The van der Waals surface area contributed by atoms with Crippen molar-refractivity contribution < 1.29 is 4.79 Å². The second-order valence-corrected chi connectivity index (χ2v) is 11.4. The number of hydrogen-bond donors (Lipinski definition) is 0. The summed E-state index contributed by atoms with van der Waals surface area (Å²) < 4.78 is 0. The van der Waals surface area contributed by atoms with Crippen molar-refractivity contribution in [3.63, 3.8) is 0 Å². The fourth-order valence-corrected chi connectivity index (χ4v) is 6.71. The van der Waals surface area contributed by atoms with Gasteiger partial charge < -0.3 is 4.79 Å². The Kier molecular flexibility index (Phi) is 7.39. The number of benzene rings is 2. The molecule has 0 bridgehead atoms. The molecule has 132 valence electrons. The first-order valence-corrected chi connectivity index (χ1v) is 12.0. The third-order valence-corrected chi connectivity index (χ3v) is 9.63. The fraction of sp³-hybridized carbons (Fsp3) is 0.348. The molecule has 0 aliphatic carbocycles. The molecule has 0 amide bonds. The number of rotatable bonds is 9. The predicted octanol–water partition coefficient (Wildman–Crippen LogP) is 4.83. The maximum absolute atomic E-state index is 10.5. The number of aldehydes is 1. The lowest BCUT2D eigenvalue weighted by atomic mass is 9.96. The third-order valence-electron chi connectivity index (χ3n) is 5.39. The highest BCUT2D eigenvalue weighted by molar-refractivity contribution is 7.01. The highest BCUT2D eigenvalue weighted by Crippen LogP contribution is 2.20. The van der Waals surface area contributed by atoms with Gasteiger partial charge in [0.05, 0.1) is 0 Å². The van der Waals surface area contributed by atoms with Gasteiger partial charge in [-0.3, -0.25) is 0 Å². The Labute approximate surface area is 153 Å². The summed E-state index contributed by atoms with van der Waals surface area (Å²) in [6.07, 6.45) is 6.24. The smallest absolute Gasteiger partial charge is 0.119 e. The van der Waals surface area contributed by atoms with Gasteiger partial charge in [-0.2, -0.15) is 0 Å². The highest BCUT2D eigenvalue weighted by Gasteiger charge is 2.30. The molecule has 2 aromatic rings. The zero-order valence-corrected chi connectivity index (χ0v) is 16.7. The van der Waals surface area contributed by atoms with Gasteiger partial charge in [-0.1, -0.05) is 96.2 Å². The SMILES string of the molecule is C/C(=C/C[Si](C)(c1ccccc1)c1ccccc1)C(C)CCCC=O. The minimum absolute atomic E-state index is 0.546. The normalized spacial score (nSPS) is 13.5. The van der Waals surface area contributed by atoms with Crippen LogP contribution in [0.3, 0.4) is 0 Å². The molecular formula is C23H30OSi. The summed E-state index contributed by atoms with van der Waals surface area (Å²) in [4.78, 5) is 10.5. The van der Waals surface area contributed by atoms with Crippen LogP contribution in [0.25, 0.3) is 0 Å². The molecule has 0 N–H and O–H groups in total. The van der Waals surface area contributed by atoms with Crippen LogP contribution in [0.1, 0.15) is 33.1 Å². The minimum Gasteiger partial charge on any atom is -0.303 e. The number of allylic oxidation sites excluding steroid dienone is 2. The first-order valence-electron chi connectivity index (χ1n) is 9.29. The first-order chi connectivity index (χ1) is 12.1. The van der Waals surface area contributed by atoms with Gasteiger partial charge in [-0.05, 0) is 31.7 Å². The van der Waals surface area contributed by atoms with E-state index in [4.69, 9.17) is 0 Å². The van der Waals surface area contributed by atoms with E-state index in [2.05, 4.69) is 87.1 Å². The molecule has 0 aliphatic heterocycles. The molecule has 0 aliphatic rings. The van der Waals surface area contributed by atoms with Crippen LogP contribution in [0.5, 0.6) is 0 Å². The lowest BCUT2D eigenvalue weighted by molar-refractivity contribution is -0.107. The van der Waals surface area contributed by atoms with Crippen LogP contribution in [0, 0.1) is 5.92 Å². The molecule has 0 saturated heterocycles. The molecule has 0 aromatic heterocycles. The van der Waals surface area contributed by atoms with Crippen LogP contribution in [0.2, 0.25) is 12.6 Å². The lowest BCUT2D eigenvalue weighted by Gasteiger charge is -2.28. The molecule has 0 spiro atoms. The van der Waals surface area contributed by atoms with Gasteiger partial charge in [0.2, 0.25) is 0 Å². The number of carbonyl (C=O) groups excluding carboxylic acids is 1. The van der Waals surface area contributed by atoms with E-state index in [1.54, 1.807) is 0 Å². The zero-order chi connectivity index (χ0) is 18.1. The zero-order valence-electron chi connectivity index (χ0n) is 15.7. The average Bonchev–Trinajstić information content (AvgIpc) is 2.67. The van der Waals surface area contributed by atoms with Crippen molar-refractivity contribution in [2.75, 3.05) is 0 Å². The quantitative estimate of drug-likeness (QED) is 0.274. The maximum Gasteiger partial charge on any atom is 0.119 e. The summed E-state index contributed by atoms with van der Waals surface area (Å²) in [6.45, 7) is 7.00. The Bertz CT molecular complexity index is 636. The summed E-state index contributed by atoms with van der Waals surface area (Å²) in [5, 5.41) is 2.97. The van der Waals surface area contributed by atoms with Crippen LogP contribution >= 0.6 is 0 Å². The molecule has 0 fully saturated rings. The predicted molar refractivity (Wildman–Crippen MR) is 111 cm³/mol. The van der Waals surface area contributed by atoms with Crippen molar-refractivity contribution in [3.8, 4) is 0 Å². The topological polar surface area (TPSA) is 17.1 Å². The third kappa shape index (κ3) is 5.27. The Balaban J connectivity index is 2.23. The molecule has 1 atom stereocenters. The highest BCUT2D eigenvalue weighted by atomic mass is 28.3. The van der Waals surface area contributed by atoms with Gasteiger partial charge in [0.25, 0.3) is 0 Å². The number of carbonyl (C=O) groups is 1. The van der Waals surface area contributed by atoms with E-state index in [-0.39, 0.29) is 0 Å². The van der Waals surface area contributed by atoms with Crippen molar-refractivity contribution in [3.05, 3.63) is 72.3 Å². The fourth-order valence-electron chi connectivity index (χ4n) is 3.32. The van der Waals surface area contributed by atoms with Crippen LogP contribution in [0.15, 0.2) is 72.3 Å². The van der Waals surface area contributed by atoms with Crippen LogP contribution in [-0.4, -0.2) is 14.4 Å². The summed E-state index contributed by atoms with van der Waals surface area (Å²) in [6, 6.07) is 23.1. The second kappa shape index (κ2) is 9.52. The molecule has 2 aromatic carbocycles. The first kappa shape index (κ1) is 19.4. The standard InChI is InChI=1S/C23H30OSi/c1-20(12-10-11-18-24)21(2)17-19-25(3,22-13-6-4-7-14-22)23-15-8-5-9-16-23/h4-9,13-18,20H,10-12,19H2,1-3H3/b21-17-. The van der Waals surface area contributed by atoms with Crippen molar-refractivity contribution in [2.45, 2.75) is 45.7 Å². The Morgan fingerprint density at radius 2 is 1.52 bits per heavy atom. The van der Waals surface area contributed by atoms with E-state index in [0.717, 1.165) is 25.2 Å². The van der Waals surface area contributed by atoms with E-state index < -0.39 is 8.07 Å². The summed E-state index contributed by atoms with van der Waals surface area (Å²) in [5.74, 6) is 0.546. The monoisotopic (exact) mass is 350 g/mol. The summed E-state index contributed by atoms with van der Waals surface area (Å²) in [7, 11) is -1.78. The molecule has 25 heavy (non-hydrogen) atoms. The van der Waals surface area contributed by atoms with E-state index in [1.165, 1.54) is 15.9 Å². The van der Waals surface area contributed by atoms with Crippen LogP contribution < -0.4 is 10.4 Å². The van der Waals surface area contributed by atoms with Gasteiger partial charge in [0, 0.05) is 6.42 Å². The molecule has 0 saturated carbocycles. The molecule has 0 heterocycles. The van der Waals surface area contributed by atoms with Crippen molar-refractivity contribution >= 4 is 24.7 Å². The molecule has 1 nitrogen and oxygen atoms in total. The van der Waals surface area contributed by atoms with E-state index in [0.29, 0.717) is 12.3 Å². The summed E-state index contributed by atoms with van der Waals surface area (Å²) >= 11 is 0. The van der Waals surface area contributed by atoms with E-state index in [1.807, 2.05) is 0 Å². The van der Waals surface area contributed by atoms with Gasteiger partial charge in [0.15, 0.2) is 0 Å². The van der Waals surface area contributed by atoms with Crippen molar-refractivity contribution in [2.24, 2.45) is 5.92 Å². The Hall–Kier alpha value is -1.93. The molecular weight excluding hydrogens is 320 g/mol. The Morgan fingerprint density at radius 1 is 1.00 bits per heavy atom. The van der Waals surface area contributed by atoms with Crippen LogP contribution in [-0.2, 0) is 4.79 Å². The second-order valence-electron chi connectivity index (χ2n) is 7.22. The van der Waals surface area contributed by atoms with E-state index >= 15 is 0 Å². The summed E-state index contributed by atoms with van der Waals surface area (Å²) in [5.41, 5.74) is 1.46.